The van der Waals surface area contributed by atoms with Crippen LogP contribution in [0.1, 0.15) is 48.0 Å². The van der Waals surface area contributed by atoms with Crippen molar-refractivity contribution in [2.24, 2.45) is 0 Å². The highest BCUT2D eigenvalue weighted by atomic mass is 16.5. The average molecular weight is 410 g/mol. The predicted octanol–water partition coefficient (Wildman–Crippen LogP) is 3.58. The smallest absolute Gasteiger partial charge is 0.338 e. The number of rotatable bonds is 7. The fraction of sp³-hybridized carbons (Fsp3) is 0.348. The Labute approximate surface area is 175 Å². The van der Waals surface area contributed by atoms with E-state index >= 15 is 0 Å². The van der Waals surface area contributed by atoms with E-state index in [0.717, 1.165) is 31.2 Å². The third-order valence-corrected chi connectivity index (χ3v) is 4.85. The Hall–Kier alpha value is -3.35. The van der Waals surface area contributed by atoms with Crippen molar-refractivity contribution in [3.05, 3.63) is 65.7 Å². The first-order chi connectivity index (χ1) is 14.6. The van der Waals surface area contributed by atoms with Crippen molar-refractivity contribution in [3.8, 4) is 5.75 Å². The molecule has 0 spiro atoms. The van der Waals surface area contributed by atoms with E-state index in [-0.39, 0.29) is 11.6 Å². The minimum atomic E-state index is -0.673. The van der Waals surface area contributed by atoms with Crippen molar-refractivity contribution in [1.82, 2.24) is 10.6 Å². The molecule has 0 atom stereocenters. The number of hydrogen-bond donors (Lipinski definition) is 2. The zero-order chi connectivity index (χ0) is 21.2. The Balaban J connectivity index is 1.42. The monoisotopic (exact) mass is 410 g/mol. The van der Waals surface area contributed by atoms with Crippen molar-refractivity contribution in [2.75, 3.05) is 6.61 Å². The number of imide groups is 1. The van der Waals surface area contributed by atoms with E-state index in [1.165, 1.54) is 6.42 Å². The maximum absolute atomic E-state index is 12.2. The van der Waals surface area contributed by atoms with Crippen LogP contribution < -0.4 is 15.4 Å². The molecule has 1 saturated carbocycles. The van der Waals surface area contributed by atoms with Gasteiger partial charge in [-0.3, -0.25) is 10.1 Å². The average Bonchev–Trinajstić information content (AvgIpc) is 2.77. The summed E-state index contributed by atoms with van der Waals surface area (Å²) in [7, 11) is 0. The van der Waals surface area contributed by atoms with Gasteiger partial charge >= 0.3 is 12.0 Å². The summed E-state index contributed by atoms with van der Waals surface area (Å²) in [5.41, 5.74) is 1.27. The molecule has 1 aliphatic carbocycles. The second kappa shape index (κ2) is 11.0. The first-order valence-corrected chi connectivity index (χ1v) is 10.1. The molecular formula is C23H26N2O5. The summed E-state index contributed by atoms with van der Waals surface area (Å²) in [5.74, 6) is -0.819. The van der Waals surface area contributed by atoms with Gasteiger partial charge < -0.3 is 14.8 Å². The number of carbonyl (C=O) groups is 3. The molecule has 7 heteroatoms. The highest BCUT2D eigenvalue weighted by Gasteiger charge is 2.18. The van der Waals surface area contributed by atoms with Gasteiger partial charge in [-0.1, -0.05) is 55.7 Å². The fourth-order valence-electron chi connectivity index (χ4n) is 3.30. The molecular weight excluding hydrogens is 384 g/mol. The van der Waals surface area contributed by atoms with Crippen LogP contribution in [0.3, 0.4) is 0 Å². The normalized spacial score (nSPS) is 13.9. The molecule has 1 aliphatic rings. The van der Waals surface area contributed by atoms with Crippen molar-refractivity contribution in [2.45, 2.75) is 44.8 Å². The number of urea groups is 1. The molecule has 30 heavy (non-hydrogen) atoms. The van der Waals surface area contributed by atoms with Crippen LogP contribution in [0.15, 0.2) is 54.6 Å². The molecule has 3 rings (SSSR count). The molecule has 3 amide bonds. The molecule has 2 N–H and O–H groups in total. The van der Waals surface area contributed by atoms with E-state index in [9.17, 15) is 14.4 Å². The van der Waals surface area contributed by atoms with E-state index in [2.05, 4.69) is 10.6 Å². The molecule has 2 aromatic carbocycles. The third kappa shape index (κ3) is 6.92. The van der Waals surface area contributed by atoms with Gasteiger partial charge in [0, 0.05) is 6.04 Å². The fourth-order valence-corrected chi connectivity index (χ4v) is 3.30. The minimum absolute atomic E-state index is 0.0905. The van der Waals surface area contributed by atoms with E-state index in [4.69, 9.17) is 9.47 Å². The summed E-state index contributed by atoms with van der Waals surface area (Å²) in [5, 5.41) is 4.97. The number of benzene rings is 2. The van der Waals surface area contributed by atoms with Crippen LogP contribution in [0.2, 0.25) is 0 Å². The van der Waals surface area contributed by atoms with Gasteiger partial charge in [0.05, 0.1) is 5.56 Å². The van der Waals surface area contributed by atoms with E-state index < -0.39 is 24.5 Å². The van der Waals surface area contributed by atoms with Gasteiger partial charge in [-0.05, 0) is 36.6 Å². The van der Waals surface area contributed by atoms with Crippen LogP contribution in [0.25, 0.3) is 0 Å². The molecule has 0 heterocycles. The Morgan fingerprint density at radius 3 is 2.47 bits per heavy atom. The molecule has 7 nitrogen and oxygen atoms in total. The zero-order valence-electron chi connectivity index (χ0n) is 16.8. The van der Waals surface area contributed by atoms with E-state index in [1.54, 1.807) is 24.3 Å². The SMILES string of the molecule is O=C(COC(=O)c1cccc(OCc2ccccc2)c1)NC(=O)NC1CCCCC1. The van der Waals surface area contributed by atoms with Crippen LogP contribution in [0.4, 0.5) is 4.79 Å². The standard InChI is InChI=1S/C23H26N2O5/c26-21(25-23(28)24-19-11-5-2-6-12-19)16-30-22(27)18-10-7-13-20(14-18)29-15-17-8-3-1-4-9-17/h1,3-4,7-10,13-14,19H,2,5-6,11-12,15-16H2,(H2,24,25,26,28). The molecule has 0 radical (unpaired) electrons. The van der Waals surface area contributed by atoms with Crippen LogP contribution >= 0.6 is 0 Å². The lowest BCUT2D eigenvalue weighted by atomic mass is 9.96. The summed E-state index contributed by atoms with van der Waals surface area (Å²) < 4.78 is 10.7. The van der Waals surface area contributed by atoms with Crippen LogP contribution in [-0.2, 0) is 16.1 Å². The predicted molar refractivity (Wildman–Crippen MR) is 111 cm³/mol. The largest absolute Gasteiger partial charge is 0.489 e. The number of ether oxygens (including phenoxy) is 2. The highest BCUT2D eigenvalue weighted by molar-refractivity contribution is 5.97. The van der Waals surface area contributed by atoms with Gasteiger partial charge in [0.1, 0.15) is 12.4 Å². The van der Waals surface area contributed by atoms with Gasteiger partial charge in [0.15, 0.2) is 6.61 Å². The van der Waals surface area contributed by atoms with Crippen LogP contribution in [-0.4, -0.2) is 30.6 Å². The molecule has 0 aliphatic heterocycles. The van der Waals surface area contributed by atoms with E-state index in [1.807, 2.05) is 30.3 Å². The summed E-state index contributed by atoms with van der Waals surface area (Å²) in [4.78, 5) is 36.0. The first kappa shape index (κ1) is 21.4. The number of esters is 1. The van der Waals surface area contributed by atoms with Gasteiger partial charge in [-0.15, -0.1) is 0 Å². The zero-order valence-corrected chi connectivity index (χ0v) is 16.8. The topological polar surface area (TPSA) is 93.7 Å². The Kier molecular flexibility index (Phi) is 7.83. The minimum Gasteiger partial charge on any atom is -0.489 e. The number of amides is 3. The van der Waals surface area contributed by atoms with Crippen LogP contribution in [0.5, 0.6) is 5.75 Å². The highest BCUT2D eigenvalue weighted by Crippen LogP contribution is 2.17. The number of carbonyl (C=O) groups excluding carboxylic acids is 3. The molecule has 2 aromatic rings. The van der Waals surface area contributed by atoms with Crippen LogP contribution in [0, 0.1) is 0 Å². The summed E-state index contributed by atoms with van der Waals surface area (Å²) in [6.07, 6.45) is 5.15. The Bertz CT molecular complexity index is 863. The van der Waals surface area contributed by atoms with Gasteiger partial charge in [0.2, 0.25) is 0 Å². The van der Waals surface area contributed by atoms with Gasteiger partial charge in [-0.25, -0.2) is 9.59 Å². The summed E-state index contributed by atoms with van der Waals surface area (Å²) in [6.45, 7) is -0.163. The molecule has 0 saturated heterocycles. The Morgan fingerprint density at radius 2 is 1.70 bits per heavy atom. The second-order valence-corrected chi connectivity index (χ2v) is 7.23. The second-order valence-electron chi connectivity index (χ2n) is 7.23. The first-order valence-electron chi connectivity index (χ1n) is 10.1. The molecule has 158 valence electrons. The molecule has 0 aromatic heterocycles. The quantitative estimate of drug-likeness (QED) is 0.681. The lowest BCUT2D eigenvalue weighted by Crippen LogP contribution is -2.46. The third-order valence-electron chi connectivity index (χ3n) is 4.85. The summed E-state index contributed by atoms with van der Waals surface area (Å²) >= 11 is 0. The maximum atomic E-state index is 12.2. The van der Waals surface area contributed by atoms with Crippen molar-refractivity contribution in [3.63, 3.8) is 0 Å². The lowest BCUT2D eigenvalue weighted by Gasteiger charge is -2.22. The van der Waals surface area contributed by atoms with Crippen molar-refractivity contribution < 1.29 is 23.9 Å². The van der Waals surface area contributed by atoms with Gasteiger partial charge in [-0.2, -0.15) is 0 Å². The van der Waals surface area contributed by atoms with E-state index in [0.29, 0.717) is 12.4 Å². The number of hydrogen-bond acceptors (Lipinski definition) is 5. The lowest BCUT2D eigenvalue weighted by molar-refractivity contribution is -0.123. The molecule has 0 bridgehead atoms. The van der Waals surface area contributed by atoms with Crippen molar-refractivity contribution >= 4 is 17.9 Å². The van der Waals surface area contributed by atoms with Crippen molar-refractivity contribution in [1.29, 1.82) is 0 Å². The maximum Gasteiger partial charge on any atom is 0.338 e. The number of nitrogens with one attached hydrogen (secondary N) is 2. The van der Waals surface area contributed by atoms with Gasteiger partial charge in [0.25, 0.3) is 5.91 Å². The molecule has 1 fully saturated rings. The Morgan fingerprint density at radius 1 is 0.933 bits per heavy atom. The summed E-state index contributed by atoms with van der Waals surface area (Å²) in [6, 6.07) is 15.7. The molecule has 0 unspecified atom stereocenters.